The Kier molecular flexibility index (Phi) is 4.17. The van der Waals surface area contributed by atoms with Gasteiger partial charge in [-0.05, 0) is 24.3 Å². The number of rotatable bonds is 5. The summed E-state index contributed by atoms with van der Waals surface area (Å²) in [6, 6.07) is 13.9. The summed E-state index contributed by atoms with van der Waals surface area (Å²) < 4.78 is 10.6. The van der Waals surface area contributed by atoms with Crippen molar-refractivity contribution < 1.29 is 24.2 Å². The van der Waals surface area contributed by atoms with Gasteiger partial charge < -0.3 is 14.6 Å². The molecule has 8 heteroatoms. The van der Waals surface area contributed by atoms with Crippen molar-refractivity contribution in [2.75, 3.05) is 18.6 Å². The number of aromatic nitrogens is 2. The molecule has 0 radical (unpaired) electrons. The van der Waals surface area contributed by atoms with E-state index in [0.717, 1.165) is 5.39 Å². The Morgan fingerprint density at radius 1 is 1.15 bits per heavy atom. The third-order valence-corrected chi connectivity index (χ3v) is 4.24. The summed E-state index contributed by atoms with van der Waals surface area (Å²) in [5, 5.41) is 9.76. The second-order valence-electron chi connectivity index (χ2n) is 5.89. The number of carboxylic acid groups (broad SMARTS) is 1. The lowest BCUT2D eigenvalue weighted by molar-refractivity contribution is -0.144. The van der Waals surface area contributed by atoms with Crippen LogP contribution in [0.5, 0.6) is 5.88 Å². The molecule has 1 aliphatic heterocycles. The van der Waals surface area contributed by atoms with Crippen LogP contribution in [0.25, 0.3) is 11.0 Å². The van der Waals surface area contributed by atoms with Gasteiger partial charge in [-0.2, -0.15) is 4.98 Å². The fourth-order valence-electron chi connectivity index (χ4n) is 3.04. The minimum Gasteiger partial charge on any atom is -0.481 e. The molecule has 0 aliphatic carbocycles. The number of benzene rings is 1. The van der Waals surface area contributed by atoms with Gasteiger partial charge in [-0.1, -0.05) is 18.2 Å². The summed E-state index contributed by atoms with van der Waals surface area (Å²) in [5.74, 6) is -0.706. The molecule has 4 rings (SSSR count). The van der Waals surface area contributed by atoms with E-state index in [0.29, 0.717) is 28.5 Å². The van der Waals surface area contributed by atoms with Gasteiger partial charge >= 0.3 is 5.97 Å². The highest BCUT2D eigenvalue weighted by Crippen LogP contribution is 2.37. The Morgan fingerprint density at radius 2 is 1.93 bits per heavy atom. The van der Waals surface area contributed by atoms with Gasteiger partial charge in [0.25, 0.3) is 5.91 Å². The van der Waals surface area contributed by atoms with Gasteiger partial charge in [0.2, 0.25) is 5.88 Å². The van der Waals surface area contributed by atoms with Crippen LogP contribution in [-0.2, 0) is 9.53 Å². The van der Waals surface area contributed by atoms with Crippen molar-refractivity contribution in [3.8, 4) is 5.88 Å². The first-order chi connectivity index (χ1) is 13.1. The minimum atomic E-state index is -1.12. The molecule has 1 aliphatic rings. The number of aliphatic carboxylic acids is 1. The van der Waals surface area contributed by atoms with Crippen molar-refractivity contribution in [2.45, 2.75) is 6.23 Å². The first-order valence-corrected chi connectivity index (χ1v) is 8.16. The maximum atomic E-state index is 12.9. The minimum absolute atomic E-state index is 0.310. The van der Waals surface area contributed by atoms with E-state index in [9.17, 15) is 9.59 Å². The number of nitrogens with zero attached hydrogens (tertiary/aromatic N) is 3. The Morgan fingerprint density at radius 3 is 2.70 bits per heavy atom. The molecule has 1 amide bonds. The zero-order chi connectivity index (χ0) is 19.0. The van der Waals surface area contributed by atoms with Gasteiger partial charge in [0.05, 0.1) is 7.11 Å². The molecule has 0 fully saturated rings. The van der Waals surface area contributed by atoms with Crippen molar-refractivity contribution in [2.24, 2.45) is 0 Å². The molecule has 0 saturated heterocycles. The Balaban J connectivity index is 1.79. The van der Waals surface area contributed by atoms with E-state index in [1.807, 2.05) is 6.07 Å². The van der Waals surface area contributed by atoms with Crippen LogP contribution in [0.1, 0.15) is 22.1 Å². The quantitative estimate of drug-likeness (QED) is 0.741. The number of hydrogen-bond acceptors (Lipinski definition) is 6. The Hall–Kier alpha value is -3.52. The van der Waals surface area contributed by atoms with Crippen LogP contribution in [0.4, 0.5) is 5.82 Å². The average Bonchev–Trinajstić information content (AvgIpc) is 2.97. The number of amides is 1. The van der Waals surface area contributed by atoms with Gasteiger partial charge in [-0.25, -0.2) is 9.78 Å². The molecule has 1 atom stereocenters. The summed E-state index contributed by atoms with van der Waals surface area (Å²) in [6.07, 6.45) is -0.875. The van der Waals surface area contributed by atoms with Crippen LogP contribution in [0.15, 0.2) is 48.5 Å². The molecule has 1 unspecified atom stereocenters. The van der Waals surface area contributed by atoms with Crippen LogP contribution in [0.2, 0.25) is 0 Å². The van der Waals surface area contributed by atoms with E-state index in [1.165, 1.54) is 12.0 Å². The predicted octanol–water partition coefficient (Wildman–Crippen LogP) is 2.40. The average molecular weight is 365 g/mol. The Bertz CT molecular complexity index is 1050. The zero-order valence-electron chi connectivity index (χ0n) is 14.3. The van der Waals surface area contributed by atoms with E-state index in [1.54, 1.807) is 42.5 Å². The lowest BCUT2D eigenvalue weighted by Gasteiger charge is -2.24. The van der Waals surface area contributed by atoms with E-state index in [-0.39, 0.29) is 5.91 Å². The second kappa shape index (κ2) is 6.65. The Labute approximate surface area is 154 Å². The number of methoxy groups -OCH3 is 1. The molecule has 3 aromatic rings. The van der Waals surface area contributed by atoms with Crippen LogP contribution in [0.3, 0.4) is 0 Å². The maximum absolute atomic E-state index is 12.9. The molecule has 27 heavy (non-hydrogen) atoms. The highest BCUT2D eigenvalue weighted by molar-refractivity contribution is 6.10. The summed E-state index contributed by atoms with van der Waals surface area (Å²) in [6.45, 7) is -0.539. The van der Waals surface area contributed by atoms with Crippen molar-refractivity contribution in [1.82, 2.24) is 9.97 Å². The van der Waals surface area contributed by atoms with Gasteiger partial charge in [-0.15, -0.1) is 0 Å². The molecule has 8 nitrogen and oxygen atoms in total. The smallest absolute Gasteiger partial charge is 0.329 e. The van der Waals surface area contributed by atoms with Crippen molar-refractivity contribution >= 4 is 28.7 Å². The fourth-order valence-corrected chi connectivity index (χ4v) is 3.04. The normalized spacial score (nSPS) is 15.8. The molecule has 1 aromatic carbocycles. The SMILES string of the molecule is COc1ccc2ccc(N3C(=O)c4ccccc4C3OCC(=O)O)nc2n1. The largest absolute Gasteiger partial charge is 0.481 e. The maximum Gasteiger partial charge on any atom is 0.329 e. The topological polar surface area (TPSA) is 102 Å². The lowest BCUT2D eigenvalue weighted by atomic mass is 10.1. The zero-order valence-corrected chi connectivity index (χ0v) is 14.3. The van der Waals surface area contributed by atoms with Gasteiger partial charge in [0.15, 0.2) is 11.9 Å². The highest BCUT2D eigenvalue weighted by atomic mass is 16.5. The summed E-state index contributed by atoms with van der Waals surface area (Å²) in [7, 11) is 1.51. The van der Waals surface area contributed by atoms with Crippen molar-refractivity contribution in [3.63, 3.8) is 0 Å². The molecular formula is C19H15N3O5. The highest BCUT2D eigenvalue weighted by Gasteiger charge is 2.39. The molecule has 136 valence electrons. The molecule has 0 bridgehead atoms. The number of carboxylic acids is 1. The first kappa shape index (κ1) is 16.9. The van der Waals surface area contributed by atoms with E-state index in [2.05, 4.69) is 9.97 Å². The van der Waals surface area contributed by atoms with Crippen molar-refractivity contribution in [1.29, 1.82) is 0 Å². The van der Waals surface area contributed by atoms with Crippen molar-refractivity contribution in [3.05, 3.63) is 59.7 Å². The van der Waals surface area contributed by atoms with Gasteiger partial charge in [-0.3, -0.25) is 9.69 Å². The van der Waals surface area contributed by atoms with E-state index >= 15 is 0 Å². The summed E-state index contributed by atoms with van der Waals surface area (Å²) in [5.41, 5.74) is 1.46. The predicted molar refractivity (Wildman–Crippen MR) is 95.7 cm³/mol. The molecule has 0 saturated carbocycles. The van der Waals surface area contributed by atoms with Crippen LogP contribution < -0.4 is 9.64 Å². The van der Waals surface area contributed by atoms with Gasteiger partial charge in [0.1, 0.15) is 12.4 Å². The number of pyridine rings is 2. The first-order valence-electron chi connectivity index (χ1n) is 8.16. The molecule has 3 heterocycles. The third-order valence-electron chi connectivity index (χ3n) is 4.24. The molecule has 2 aromatic heterocycles. The summed E-state index contributed by atoms with van der Waals surface area (Å²) >= 11 is 0. The molecular weight excluding hydrogens is 350 g/mol. The second-order valence-corrected chi connectivity index (χ2v) is 5.89. The fraction of sp³-hybridized carbons (Fsp3) is 0.158. The standard InChI is InChI=1S/C19H15N3O5/c1-26-15-9-7-11-6-8-14(20-17(11)21-15)22-18(25)12-4-2-3-5-13(12)19(22)27-10-16(23)24/h2-9,19H,10H2,1H3,(H,23,24). The van der Waals surface area contributed by atoms with E-state index in [4.69, 9.17) is 14.6 Å². The molecule has 1 N–H and O–H groups in total. The number of ether oxygens (including phenoxy) is 2. The number of anilines is 1. The van der Waals surface area contributed by atoms with Crippen LogP contribution >= 0.6 is 0 Å². The summed E-state index contributed by atoms with van der Waals surface area (Å²) in [4.78, 5) is 34.0. The number of carbonyl (C=O) groups is 2. The lowest BCUT2D eigenvalue weighted by Crippen LogP contribution is -2.31. The third kappa shape index (κ3) is 2.96. The van der Waals surface area contributed by atoms with E-state index < -0.39 is 18.8 Å². The van der Waals surface area contributed by atoms with Gasteiger partial charge in [0, 0.05) is 22.6 Å². The number of carbonyl (C=O) groups excluding carboxylic acids is 1. The monoisotopic (exact) mass is 365 g/mol. The molecule has 0 spiro atoms. The number of hydrogen-bond donors (Lipinski definition) is 1. The number of fused-ring (bicyclic) bond motifs is 2. The van der Waals surface area contributed by atoms with Crippen LogP contribution in [-0.4, -0.2) is 40.7 Å². The van der Waals surface area contributed by atoms with Crippen LogP contribution in [0, 0.1) is 0 Å².